The molecule has 9 heteroatoms. The zero-order chi connectivity index (χ0) is 21.7. The number of rotatable bonds is 8. The maximum Gasteiger partial charge on any atom is 0.475 e. The van der Waals surface area contributed by atoms with Gasteiger partial charge in [-0.3, -0.25) is 9.59 Å². The largest absolute Gasteiger partial charge is 0.475 e. The van der Waals surface area contributed by atoms with E-state index in [1.54, 1.807) is 0 Å². The first-order valence-electron chi connectivity index (χ1n) is 10.6. The topological polar surface area (TPSA) is 120 Å². The van der Waals surface area contributed by atoms with E-state index < -0.39 is 25.1 Å². The minimum atomic E-state index is -1.64. The third kappa shape index (κ3) is 5.61. The van der Waals surface area contributed by atoms with Gasteiger partial charge in [0.2, 0.25) is 6.10 Å². The van der Waals surface area contributed by atoms with Crippen LogP contribution in [0.2, 0.25) is 0 Å². The standard InChI is InChI=1S/C21H30BN3O5/c1-13(2)10-19(22(28)29)24-21(27)18-11-15(25-30-18)12-23-20(26)17-9-5-7-14-6-3-4-8-16(14)17/h5,7,9,13,18-19,28-29H,3-4,6,8,10-12H2,1-2H3,(H,23,26)(H,24,27)/t18?,19-/m0/s1. The van der Waals surface area contributed by atoms with Gasteiger partial charge >= 0.3 is 7.12 Å². The number of aryl methyl sites for hydroxylation is 1. The Labute approximate surface area is 177 Å². The molecule has 0 aromatic heterocycles. The molecule has 162 valence electrons. The van der Waals surface area contributed by atoms with E-state index in [9.17, 15) is 19.6 Å². The Morgan fingerprint density at radius 3 is 2.77 bits per heavy atom. The number of hydrogen-bond donors (Lipinski definition) is 4. The Morgan fingerprint density at radius 1 is 1.27 bits per heavy atom. The highest BCUT2D eigenvalue weighted by molar-refractivity contribution is 6.43. The fourth-order valence-electron chi connectivity index (χ4n) is 3.98. The summed E-state index contributed by atoms with van der Waals surface area (Å²) in [5, 5.41) is 28.3. The molecule has 0 radical (unpaired) electrons. The summed E-state index contributed by atoms with van der Waals surface area (Å²) in [6.07, 6.45) is 4.01. The van der Waals surface area contributed by atoms with Crippen molar-refractivity contribution in [2.75, 3.05) is 6.54 Å². The molecule has 1 aromatic carbocycles. The molecule has 0 saturated heterocycles. The molecule has 2 atom stereocenters. The molecule has 2 amide bonds. The zero-order valence-corrected chi connectivity index (χ0v) is 17.6. The Kier molecular flexibility index (Phi) is 7.50. The number of amides is 2. The fraction of sp³-hybridized carbons (Fsp3) is 0.571. The number of carbonyl (C=O) groups is 2. The van der Waals surface area contributed by atoms with E-state index in [4.69, 9.17) is 4.84 Å². The van der Waals surface area contributed by atoms with Gasteiger partial charge in [0.1, 0.15) is 0 Å². The van der Waals surface area contributed by atoms with E-state index in [0.29, 0.717) is 17.7 Å². The summed E-state index contributed by atoms with van der Waals surface area (Å²) in [4.78, 5) is 30.3. The fourth-order valence-corrected chi connectivity index (χ4v) is 3.98. The average molecular weight is 415 g/mol. The van der Waals surface area contributed by atoms with Crippen LogP contribution in [-0.4, -0.2) is 53.3 Å². The Morgan fingerprint density at radius 2 is 2.03 bits per heavy atom. The molecule has 8 nitrogen and oxygen atoms in total. The SMILES string of the molecule is CC(C)C[C@H](NC(=O)C1CC(CNC(=O)c2cccc3c2CCCC3)=NO1)B(O)O. The summed E-state index contributed by atoms with van der Waals surface area (Å²) in [7, 11) is -1.64. The highest BCUT2D eigenvalue weighted by Gasteiger charge is 2.33. The molecule has 30 heavy (non-hydrogen) atoms. The van der Waals surface area contributed by atoms with Crippen LogP contribution in [0, 0.1) is 5.92 Å². The van der Waals surface area contributed by atoms with Gasteiger partial charge in [-0.05, 0) is 55.2 Å². The summed E-state index contributed by atoms with van der Waals surface area (Å²) in [5.74, 6) is -1.18. The van der Waals surface area contributed by atoms with Crippen LogP contribution in [-0.2, 0) is 22.5 Å². The van der Waals surface area contributed by atoms with Crippen molar-refractivity contribution in [3.8, 4) is 0 Å². The van der Waals surface area contributed by atoms with Gasteiger partial charge in [0.05, 0.1) is 18.2 Å². The molecule has 4 N–H and O–H groups in total. The van der Waals surface area contributed by atoms with Crippen LogP contribution in [0.15, 0.2) is 23.4 Å². The summed E-state index contributed by atoms with van der Waals surface area (Å²) in [5.41, 5.74) is 3.64. The monoisotopic (exact) mass is 415 g/mol. The average Bonchev–Trinajstić information content (AvgIpc) is 3.20. The maximum absolute atomic E-state index is 12.7. The van der Waals surface area contributed by atoms with Crippen LogP contribution in [0.3, 0.4) is 0 Å². The Bertz CT molecular complexity index is 812. The third-order valence-electron chi connectivity index (χ3n) is 5.53. The van der Waals surface area contributed by atoms with Crippen molar-refractivity contribution in [2.24, 2.45) is 11.1 Å². The molecule has 1 aliphatic carbocycles. The molecule has 1 aliphatic heterocycles. The summed E-state index contributed by atoms with van der Waals surface area (Å²) in [6, 6.07) is 5.84. The lowest BCUT2D eigenvalue weighted by Crippen LogP contribution is -2.50. The van der Waals surface area contributed by atoms with E-state index in [1.807, 2.05) is 26.0 Å². The highest BCUT2D eigenvalue weighted by atomic mass is 16.6. The van der Waals surface area contributed by atoms with Crippen molar-refractivity contribution in [1.82, 2.24) is 10.6 Å². The van der Waals surface area contributed by atoms with Crippen molar-refractivity contribution in [3.05, 3.63) is 34.9 Å². The zero-order valence-electron chi connectivity index (χ0n) is 17.6. The second-order valence-corrected chi connectivity index (χ2v) is 8.45. The van der Waals surface area contributed by atoms with E-state index in [-0.39, 0.29) is 24.8 Å². The molecular formula is C21H30BN3O5. The number of oxime groups is 1. The van der Waals surface area contributed by atoms with E-state index in [2.05, 4.69) is 21.9 Å². The van der Waals surface area contributed by atoms with E-state index in [0.717, 1.165) is 31.2 Å². The van der Waals surface area contributed by atoms with Crippen LogP contribution in [0.5, 0.6) is 0 Å². The lowest BCUT2D eigenvalue weighted by molar-refractivity contribution is -0.131. The van der Waals surface area contributed by atoms with Crippen molar-refractivity contribution in [2.45, 2.75) is 64.4 Å². The molecule has 1 unspecified atom stereocenters. The molecule has 2 aliphatic rings. The molecule has 1 aromatic rings. The number of nitrogens with one attached hydrogen (secondary N) is 2. The van der Waals surface area contributed by atoms with E-state index in [1.165, 1.54) is 5.56 Å². The van der Waals surface area contributed by atoms with E-state index >= 15 is 0 Å². The van der Waals surface area contributed by atoms with Crippen molar-refractivity contribution >= 4 is 24.6 Å². The van der Waals surface area contributed by atoms with Gasteiger partial charge in [-0.1, -0.05) is 31.1 Å². The van der Waals surface area contributed by atoms with Gasteiger partial charge in [-0.2, -0.15) is 0 Å². The van der Waals surface area contributed by atoms with Crippen LogP contribution < -0.4 is 10.6 Å². The summed E-state index contributed by atoms with van der Waals surface area (Å²) in [6.45, 7) is 4.06. The molecule has 0 fully saturated rings. The Balaban J connectivity index is 1.50. The number of fused-ring (bicyclic) bond motifs is 1. The van der Waals surface area contributed by atoms with Gasteiger partial charge in [-0.15, -0.1) is 0 Å². The lowest BCUT2D eigenvalue weighted by Gasteiger charge is -2.21. The third-order valence-corrected chi connectivity index (χ3v) is 5.53. The first-order valence-corrected chi connectivity index (χ1v) is 10.6. The molecule has 0 bridgehead atoms. The summed E-state index contributed by atoms with van der Waals surface area (Å²) < 4.78 is 0. The number of benzene rings is 1. The smallest absolute Gasteiger partial charge is 0.426 e. The summed E-state index contributed by atoms with van der Waals surface area (Å²) >= 11 is 0. The first kappa shape index (κ1) is 22.3. The predicted octanol–water partition coefficient (Wildman–Crippen LogP) is 0.983. The number of carbonyl (C=O) groups excluding carboxylic acids is 2. The minimum Gasteiger partial charge on any atom is -0.426 e. The number of hydrogen-bond acceptors (Lipinski definition) is 6. The quantitative estimate of drug-likeness (QED) is 0.472. The van der Waals surface area contributed by atoms with Gasteiger partial charge in [-0.25, -0.2) is 0 Å². The van der Waals surface area contributed by atoms with Crippen LogP contribution >= 0.6 is 0 Å². The van der Waals surface area contributed by atoms with Crippen LogP contribution in [0.1, 0.15) is 61.0 Å². The Hall–Kier alpha value is -2.39. The number of nitrogens with zero attached hydrogens (tertiary/aromatic N) is 1. The van der Waals surface area contributed by atoms with Gasteiger partial charge in [0.15, 0.2) is 0 Å². The molecule has 3 rings (SSSR count). The van der Waals surface area contributed by atoms with Crippen LogP contribution in [0.25, 0.3) is 0 Å². The van der Waals surface area contributed by atoms with Crippen molar-refractivity contribution in [1.29, 1.82) is 0 Å². The van der Waals surface area contributed by atoms with Crippen LogP contribution in [0.4, 0.5) is 0 Å². The lowest BCUT2D eigenvalue weighted by atomic mass is 9.75. The second kappa shape index (κ2) is 10.1. The van der Waals surface area contributed by atoms with Crippen molar-refractivity contribution < 1.29 is 24.5 Å². The molecule has 0 spiro atoms. The predicted molar refractivity (Wildman–Crippen MR) is 114 cm³/mol. The minimum absolute atomic E-state index is 0.148. The molecular weight excluding hydrogens is 385 g/mol. The molecule has 0 saturated carbocycles. The second-order valence-electron chi connectivity index (χ2n) is 8.45. The van der Waals surface area contributed by atoms with Crippen molar-refractivity contribution in [3.63, 3.8) is 0 Å². The first-order chi connectivity index (χ1) is 14.3. The van der Waals surface area contributed by atoms with Gasteiger partial charge in [0, 0.05) is 12.0 Å². The molecule has 1 heterocycles. The maximum atomic E-state index is 12.7. The highest BCUT2D eigenvalue weighted by Crippen LogP contribution is 2.24. The van der Waals surface area contributed by atoms with Gasteiger partial charge in [0.25, 0.3) is 11.8 Å². The normalized spacial score (nSPS) is 18.8. The van der Waals surface area contributed by atoms with Gasteiger partial charge < -0.3 is 25.5 Å².